The first-order chi connectivity index (χ1) is 9.52. The van der Waals surface area contributed by atoms with E-state index in [9.17, 15) is 19.8 Å². The molecule has 0 bridgehead atoms. The molecular weight excluding hydrogens is 268 g/mol. The van der Waals surface area contributed by atoms with Crippen LogP contribution >= 0.6 is 0 Å². The van der Waals surface area contributed by atoms with Crippen LogP contribution in [0.5, 0.6) is 0 Å². The summed E-state index contributed by atoms with van der Waals surface area (Å²) in [5, 5.41) is 31.8. The van der Waals surface area contributed by atoms with E-state index in [1.165, 1.54) is 6.21 Å². The molecule has 1 aromatic heterocycles. The van der Waals surface area contributed by atoms with E-state index in [2.05, 4.69) is 20.3 Å². The molecule has 1 fully saturated rings. The van der Waals surface area contributed by atoms with Crippen LogP contribution in [0.3, 0.4) is 0 Å². The summed E-state index contributed by atoms with van der Waals surface area (Å²) in [5.41, 5.74) is -0.878. The first-order valence-corrected chi connectivity index (χ1v) is 6.16. The maximum absolute atomic E-state index is 11.6. The standard InChI is InChI=1S/C11H14N4O5/c16-2-4-8(17)9(18)6(13-4)3-1-12-7-5(3)14-11(20)15-10(7)19/h1,3-4,6,8-9,13,16-18H,2H2,(H2,14,15,19,20)/t3?,4-,6+,8-,9+/m0/s1. The predicted molar refractivity (Wildman–Crippen MR) is 68.4 cm³/mol. The molecule has 3 heterocycles. The number of nitrogens with zero attached hydrogens (tertiary/aromatic N) is 1. The van der Waals surface area contributed by atoms with Crippen molar-refractivity contribution in [1.29, 1.82) is 0 Å². The third kappa shape index (κ3) is 1.83. The zero-order chi connectivity index (χ0) is 14.4. The van der Waals surface area contributed by atoms with Gasteiger partial charge in [0.2, 0.25) is 0 Å². The molecule has 0 radical (unpaired) electrons. The van der Waals surface area contributed by atoms with E-state index in [0.29, 0.717) is 5.69 Å². The van der Waals surface area contributed by atoms with E-state index >= 15 is 0 Å². The third-order valence-corrected chi connectivity index (χ3v) is 3.76. The highest BCUT2D eigenvalue weighted by Crippen LogP contribution is 2.33. The van der Waals surface area contributed by atoms with E-state index < -0.39 is 41.5 Å². The Balaban J connectivity index is 1.98. The number of aliphatic hydroxyl groups is 3. The van der Waals surface area contributed by atoms with Gasteiger partial charge >= 0.3 is 5.69 Å². The lowest BCUT2D eigenvalue weighted by molar-refractivity contribution is 0.0189. The largest absolute Gasteiger partial charge is 0.395 e. The number of H-pyrrole nitrogens is 2. The summed E-state index contributed by atoms with van der Waals surface area (Å²) in [7, 11) is 0. The Hall–Kier alpha value is -1.81. The Morgan fingerprint density at radius 1 is 1.20 bits per heavy atom. The van der Waals surface area contributed by atoms with Crippen molar-refractivity contribution < 1.29 is 15.3 Å². The van der Waals surface area contributed by atoms with Crippen molar-refractivity contribution in [3.63, 3.8) is 0 Å². The summed E-state index contributed by atoms with van der Waals surface area (Å²) in [6.07, 6.45) is -0.836. The molecule has 9 heteroatoms. The molecule has 0 amide bonds. The van der Waals surface area contributed by atoms with Gasteiger partial charge in [-0.2, -0.15) is 0 Å². The van der Waals surface area contributed by atoms with Crippen LogP contribution in [0, 0.1) is 0 Å². The summed E-state index contributed by atoms with van der Waals surface area (Å²) < 4.78 is 0. The average molecular weight is 282 g/mol. The van der Waals surface area contributed by atoms with Crippen molar-refractivity contribution in [2.24, 2.45) is 4.99 Å². The van der Waals surface area contributed by atoms with Gasteiger partial charge in [0.15, 0.2) is 0 Å². The van der Waals surface area contributed by atoms with Crippen LogP contribution in [0.2, 0.25) is 0 Å². The predicted octanol–water partition coefficient (Wildman–Crippen LogP) is -3.08. The normalized spacial score (nSPS) is 35.5. The van der Waals surface area contributed by atoms with Crippen LogP contribution in [0.1, 0.15) is 11.6 Å². The molecule has 6 N–H and O–H groups in total. The fourth-order valence-corrected chi connectivity index (χ4v) is 2.74. The van der Waals surface area contributed by atoms with Gasteiger partial charge in [-0.25, -0.2) is 4.79 Å². The number of nitrogens with one attached hydrogen (secondary N) is 3. The van der Waals surface area contributed by atoms with Gasteiger partial charge < -0.3 is 25.6 Å². The number of aliphatic hydroxyl groups excluding tert-OH is 3. The number of fused-ring (bicyclic) bond motifs is 1. The van der Waals surface area contributed by atoms with Gasteiger partial charge in [-0.1, -0.05) is 0 Å². The molecule has 0 saturated carbocycles. The molecule has 9 nitrogen and oxygen atoms in total. The maximum atomic E-state index is 11.6. The molecule has 20 heavy (non-hydrogen) atoms. The quantitative estimate of drug-likeness (QED) is 0.338. The second-order valence-electron chi connectivity index (χ2n) is 4.94. The monoisotopic (exact) mass is 282 g/mol. The molecule has 0 spiro atoms. The zero-order valence-corrected chi connectivity index (χ0v) is 10.3. The Labute approximate surface area is 112 Å². The number of aliphatic imine (C=N–C) groups is 1. The summed E-state index contributed by atoms with van der Waals surface area (Å²) >= 11 is 0. The maximum Gasteiger partial charge on any atom is 0.326 e. The lowest BCUT2D eigenvalue weighted by Crippen LogP contribution is -2.40. The SMILES string of the molecule is O=c1[nH]c2c(c(=O)[nH]1)N=CC2[C@H]1N[C@@H](CO)[C@H](O)[C@@H]1O. The van der Waals surface area contributed by atoms with Crippen LogP contribution in [-0.2, 0) is 0 Å². The van der Waals surface area contributed by atoms with E-state index in [1.807, 2.05) is 0 Å². The van der Waals surface area contributed by atoms with Crippen molar-refractivity contribution in [2.75, 3.05) is 6.61 Å². The summed E-state index contributed by atoms with van der Waals surface area (Å²) in [5.74, 6) is -0.554. The lowest BCUT2D eigenvalue weighted by atomic mass is 9.94. The lowest BCUT2D eigenvalue weighted by Gasteiger charge is -2.21. The Morgan fingerprint density at radius 3 is 2.60 bits per heavy atom. The Morgan fingerprint density at radius 2 is 1.95 bits per heavy atom. The molecule has 108 valence electrons. The minimum Gasteiger partial charge on any atom is -0.395 e. The second-order valence-corrected chi connectivity index (χ2v) is 4.94. The number of hydrogen-bond acceptors (Lipinski definition) is 7. The minimum atomic E-state index is -1.14. The molecular formula is C11H14N4O5. The van der Waals surface area contributed by atoms with E-state index in [0.717, 1.165) is 0 Å². The molecule has 3 rings (SSSR count). The van der Waals surface area contributed by atoms with Crippen molar-refractivity contribution in [2.45, 2.75) is 30.2 Å². The van der Waals surface area contributed by atoms with E-state index in [-0.39, 0.29) is 12.3 Å². The van der Waals surface area contributed by atoms with Crippen molar-refractivity contribution in [3.8, 4) is 0 Å². The number of hydrogen-bond donors (Lipinski definition) is 6. The van der Waals surface area contributed by atoms with Gasteiger partial charge in [-0.05, 0) is 0 Å². The topological polar surface area (TPSA) is 151 Å². The van der Waals surface area contributed by atoms with Crippen molar-refractivity contribution in [1.82, 2.24) is 15.3 Å². The summed E-state index contributed by atoms with van der Waals surface area (Å²) in [6.45, 7) is -0.336. The van der Waals surface area contributed by atoms with Gasteiger partial charge in [0.05, 0.1) is 36.5 Å². The Bertz CT molecular complexity index is 666. The number of aromatic amines is 2. The number of rotatable bonds is 2. The molecule has 2 aliphatic rings. The molecule has 1 aromatic rings. The highest BCUT2D eigenvalue weighted by Gasteiger charge is 2.46. The van der Waals surface area contributed by atoms with Crippen LogP contribution in [0.4, 0.5) is 5.69 Å². The molecule has 0 aliphatic carbocycles. The van der Waals surface area contributed by atoms with Gasteiger partial charge in [0.1, 0.15) is 5.69 Å². The van der Waals surface area contributed by atoms with E-state index in [4.69, 9.17) is 5.11 Å². The van der Waals surface area contributed by atoms with Crippen LogP contribution in [0.25, 0.3) is 0 Å². The van der Waals surface area contributed by atoms with Crippen molar-refractivity contribution in [3.05, 3.63) is 26.5 Å². The number of aromatic nitrogens is 2. The molecule has 0 aromatic carbocycles. The van der Waals surface area contributed by atoms with E-state index in [1.54, 1.807) is 0 Å². The first-order valence-electron chi connectivity index (χ1n) is 6.16. The Kier molecular flexibility index (Phi) is 3.05. The first kappa shape index (κ1) is 13.2. The highest BCUT2D eigenvalue weighted by molar-refractivity contribution is 5.80. The smallest absolute Gasteiger partial charge is 0.326 e. The van der Waals surface area contributed by atoms with Crippen molar-refractivity contribution >= 4 is 11.9 Å². The fourth-order valence-electron chi connectivity index (χ4n) is 2.74. The summed E-state index contributed by atoms with van der Waals surface area (Å²) in [4.78, 5) is 31.4. The molecule has 1 saturated heterocycles. The van der Waals surface area contributed by atoms with Gasteiger partial charge in [0, 0.05) is 12.3 Å². The van der Waals surface area contributed by atoms with Crippen LogP contribution in [-0.4, -0.2) is 62.4 Å². The molecule has 5 atom stereocenters. The molecule has 1 unspecified atom stereocenters. The fraction of sp³-hybridized carbons (Fsp3) is 0.545. The van der Waals surface area contributed by atoms with Crippen LogP contribution < -0.4 is 16.6 Å². The van der Waals surface area contributed by atoms with Gasteiger partial charge in [0.25, 0.3) is 5.56 Å². The van der Waals surface area contributed by atoms with Crippen LogP contribution in [0.15, 0.2) is 14.6 Å². The van der Waals surface area contributed by atoms with Gasteiger partial charge in [-0.15, -0.1) is 0 Å². The molecule has 2 aliphatic heterocycles. The van der Waals surface area contributed by atoms with Gasteiger partial charge in [-0.3, -0.25) is 14.8 Å². The minimum absolute atomic E-state index is 0.0885. The second kappa shape index (κ2) is 4.63. The average Bonchev–Trinajstić information content (AvgIpc) is 2.93. The summed E-state index contributed by atoms with van der Waals surface area (Å²) in [6, 6.07) is -1.31. The highest BCUT2D eigenvalue weighted by atomic mass is 16.3. The zero-order valence-electron chi connectivity index (χ0n) is 10.3. The third-order valence-electron chi connectivity index (χ3n) is 3.76.